The molecule has 1 atom stereocenters. The van der Waals surface area contributed by atoms with Crippen LogP contribution in [0.4, 0.5) is 5.69 Å². The van der Waals surface area contributed by atoms with Crippen LogP contribution in [0, 0.1) is 10.1 Å². The summed E-state index contributed by atoms with van der Waals surface area (Å²) < 4.78 is 27.6. The van der Waals surface area contributed by atoms with Crippen LogP contribution < -0.4 is 5.73 Å². The molecule has 0 aliphatic rings. The fourth-order valence-corrected chi connectivity index (χ4v) is 2.31. The zero-order chi connectivity index (χ0) is 14.6. The fourth-order valence-electron chi connectivity index (χ4n) is 1.67. The molecule has 19 heavy (non-hydrogen) atoms. The lowest BCUT2D eigenvalue weighted by atomic mass is 10.1. The number of nitrogens with zero attached hydrogens (tertiary/aromatic N) is 1. The molecule has 0 amide bonds. The summed E-state index contributed by atoms with van der Waals surface area (Å²) in [6, 6.07) is 3.44. The van der Waals surface area contributed by atoms with Gasteiger partial charge in [0.15, 0.2) is 9.84 Å². The summed E-state index contributed by atoms with van der Waals surface area (Å²) >= 11 is 0. The van der Waals surface area contributed by atoms with E-state index in [1.54, 1.807) is 0 Å². The van der Waals surface area contributed by atoms with Gasteiger partial charge in [-0.1, -0.05) is 6.07 Å². The minimum atomic E-state index is -3.47. The predicted molar refractivity (Wildman–Crippen MR) is 69.8 cm³/mol. The molecule has 106 valence electrons. The van der Waals surface area contributed by atoms with E-state index in [1.165, 1.54) is 19.2 Å². The summed E-state index contributed by atoms with van der Waals surface area (Å²) in [4.78, 5) is 10.3. The summed E-state index contributed by atoms with van der Waals surface area (Å²) in [6.45, 7) is 0.269. The van der Waals surface area contributed by atoms with Crippen molar-refractivity contribution in [1.29, 1.82) is 0 Å². The number of nitro benzene ring substituents is 1. The first kappa shape index (κ1) is 15.5. The molecule has 1 unspecified atom stereocenters. The van der Waals surface area contributed by atoms with E-state index in [-0.39, 0.29) is 29.7 Å². The molecule has 0 aliphatic heterocycles. The standard InChI is InChI=1S/C11H16N2O5S/c1-18-7-9(12)5-8-3-4-10(19(2,16)17)6-11(8)13(14)15/h3-4,6,9H,5,7,12H2,1-2H3. The predicted octanol–water partition coefficient (Wildman–Crippen LogP) is 0.514. The zero-order valence-corrected chi connectivity index (χ0v) is 11.5. The highest BCUT2D eigenvalue weighted by molar-refractivity contribution is 7.90. The third-order valence-electron chi connectivity index (χ3n) is 2.54. The molecule has 8 heteroatoms. The molecule has 7 nitrogen and oxygen atoms in total. The van der Waals surface area contributed by atoms with Crippen molar-refractivity contribution in [2.75, 3.05) is 20.0 Å². The van der Waals surface area contributed by atoms with Crippen LogP contribution in [0.2, 0.25) is 0 Å². The van der Waals surface area contributed by atoms with Gasteiger partial charge in [0, 0.05) is 31.0 Å². The molecule has 0 saturated heterocycles. The van der Waals surface area contributed by atoms with E-state index in [4.69, 9.17) is 10.5 Å². The minimum Gasteiger partial charge on any atom is -0.383 e. The van der Waals surface area contributed by atoms with Crippen molar-refractivity contribution in [3.05, 3.63) is 33.9 Å². The molecule has 1 rings (SSSR count). The normalized spacial score (nSPS) is 13.2. The van der Waals surface area contributed by atoms with Crippen LogP contribution in [0.1, 0.15) is 5.56 Å². The van der Waals surface area contributed by atoms with Crippen molar-refractivity contribution in [2.45, 2.75) is 17.4 Å². The quantitative estimate of drug-likeness (QED) is 0.603. The van der Waals surface area contributed by atoms with Crippen LogP contribution in [0.3, 0.4) is 0 Å². The van der Waals surface area contributed by atoms with Gasteiger partial charge in [-0.15, -0.1) is 0 Å². The molecule has 0 spiro atoms. The van der Waals surface area contributed by atoms with E-state index in [0.717, 1.165) is 12.3 Å². The topological polar surface area (TPSA) is 113 Å². The van der Waals surface area contributed by atoms with Crippen LogP contribution in [-0.4, -0.2) is 39.4 Å². The Morgan fingerprint density at radius 1 is 1.47 bits per heavy atom. The van der Waals surface area contributed by atoms with Gasteiger partial charge < -0.3 is 10.5 Å². The van der Waals surface area contributed by atoms with Gasteiger partial charge in [0.25, 0.3) is 5.69 Å². The maximum Gasteiger partial charge on any atom is 0.273 e. The maximum atomic E-state index is 11.4. The Bertz CT molecular complexity index is 570. The van der Waals surface area contributed by atoms with Gasteiger partial charge in [0.1, 0.15) is 0 Å². The summed E-state index contributed by atoms with van der Waals surface area (Å²) in [5.41, 5.74) is 5.89. The third-order valence-corrected chi connectivity index (χ3v) is 3.65. The van der Waals surface area contributed by atoms with E-state index < -0.39 is 14.8 Å². The maximum absolute atomic E-state index is 11.4. The lowest BCUT2D eigenvalue weighted by Crippen LogP contribution is -2.28. The Morgan fingerprint density at radius 3 is 2.58 bits per heavy atom. The third kappa shape index (κ3) is 4.27. The Kier molecular flexibility index (Phi) is 4.98. The molecule has 2 N–H and O–H groups in total. The summed E-state index contributed by atoms with van der Waals surface area (Å²) in [6.07, 6.45) is 1.25. The highest BCUT2D eigenvalue weighted by Gasteiger charge is 2.20. The molecule has 0 radical (unpaired) electrons. The first-order chi connectivity index (χ1) is 8.75. The molecule has 0 aromatic heterocycles. The van der Waals surface area contributed by atoms with E-state index >= 15 is 0 Å². The Balaban J connectivity index is 3.16. The van der Waals surface area contributed by atoms with Gasteiger partial charge in [0.05, 0.1) is 16.4 Å². The molecular formula is C11H16N2O5S. The van der Waals surface area contributed by atoms with Crippen molar-refractivity contribution in [3.8, 4) is 0 Å². The number of benzene rings is 1. The van der Waals surface area contributed by atoms with Gasteiger partial charge in [-0.05, 0) is 12.5 Å². The average molecular weight is 288 g/mol. The van der Waals surface area contributed by atoms with Gasteiger partial charge in [-0.2, -0.15) is 0 Å². The summed E-state index contributed by atoms with van der Waals surface area (Å²) in [5.74, 6) is 0. The van der Waals surface area contributed by atoms with Gasteiger partial charge in [-0.3, -0.25) is 10.1 Å². The molecule has 0 bridgehead atoms. The minimum absolute atomic E-state index is 0.0803. The number of ether oxygens (including phenoxy) is 1. The number of rotatable bonds is 6. The van der Waals surface area contributed by atoms with Gasteiger partial charge in [0.2, 0.25) is 0 Å². The number of sulfone groups is 1. The van der Waals surface area contributed by atoms with Crippen LogP contribution in [-0.2, 0) is 21.0 Å². The van der Waals surface area contributed by atoms with Crippen molar-refractivity contribution >= 4 is 15.5 Å². The SMILES string of the molecule is COCC(N)Cc1ccc(S(C)(=O)=O)cc1[N+](=O)[O-]. The van der Waals surface area contributed by atoms with Gasteiger partial charge >= 0.3 is 0 Å². The number of nitro groups is 1. The monoisotopic (exact) mass is 288 g/mol. The van der Waals surface area contributed by atoms with Crippen LogP contribution in [0.25, 0.3) is 0 Å². The fraction of sp³-hybridized carbons (Fsp3) is 0.455. The summed E-state index contributed by atoms with van der Waals surface area (Å²) in [5, 5.41) is 11.0. The van der Waals surface area contributed by atoms with Crippen LogP contribution in [0.5, 0.6) is 0 Å². The van der Waals surface area contributed by atoms with E-state index in [9.17, 15) is 18.5 Å². The second-order valence-corrected chi connectivity index (χ2v) is 6.26. The number of nitrogens with two attached hydrogens (primary N) is 1. The van der Waals surface area contributed by atoms with Crippen molar-refractivity contribution in [2.24, 2.45) is 5.73 Å². The van der Waals surface area contributed by atoms with Crippen molar-refractivity contribution in [3.63, 3.8) is 0 Å². The largest absolute Gasteiger partial charge is 0.383 e. The van der Waals surface area contributed by atoms with Crippen molar-refractivity contribution < 1.29 is 18.1 Å². The molecule has 1 aromatic rings. The van der Waals surface area contributed by atoms with E-state index in [2.05, 4.69) is 0 Å². The highest BCUT2D eigenvalue weighted by atomic mass is 32.2. The Labute approximate surface area is 111 Å². The molecular weight excluding hydrogens is 272 g/mol. The number of hydrogen-bond donors (Lipinski definition) is 1. The molecule has 0 heterocycles. The molecule has 0 aliphatic carbocycles. The summed E-state index contributed by atoms with van der Waals surface area (Å²) in [7, 11) is -1.99. The lowest BCUT2D eigenvalue weighted by Gasteiger charge is -2.11. The lowest BCUT2D eigenvalue weighted by molar-refractivity contribution is -0.385. The van der Waals surface area contributed by atoms with E-state index in [1.807, 2.05) is 0 Å². The Morgan fingerprint density at radius 2 is 2.11 bits per heavy atom. The van der Waals surface area contributed by atoms with Crippen LogP contribution in [0.15, 0.2) is 23.1 Å². The zero-order valence-electron chi connectivity index (χ0n) is 10.7. The smallest absolute Gasteiger partial charge is 0.273 e. The number of methoxy groups -OCH3 is 1. The Hall–Kier alpha value is -1.51. The van der Waals surface area contributed by atoms with Crippen LogP contribution >= 0.6 is 0 Å². The molecule has 0 saturated carbocycles. The first-order valence-electron chi connectivity index (χ1n) is 5.47. The molecule has 0 fully saturated rings. The van der Waals surface area contributed by atoms with E-state index in [0.29, 0.717) is 5.56 Å². The highest BCUT2D eigenvalue weighted by Crippen LogP contribution is 2.24. The second kappa shape index (κ2) is 6.09. The van der Waals surface area contributed by atoms with Gasteiger partial charge in [-0.25, -0.2) is 8.42 Å². The molecule has 1 aromatic carbocycles. The first-order valence-corrected chi connectivity index (χ1v) is 7.36. The average Bonchev–Trinajstić information content (AvgIpc) is 2.27. The number of hydrogen-bond acceptors (Lipinski definition) is 6. The second-order valence-electron chi connectivity index (χ2n) is 4.24. The van der Waals surface area contributed by atoms with Crippen molar-refractivity contribution in [1.82, 2.24) is 0 Å².